The Morgan fingerprint density at radius 2 is 1.89 bits per heavy atom. The molecule has 4 rings (SSSR count). The molecule has 0 aliphatic carbocycles. The van der Waals surface area contributed by atoms with Crippen molar-refractivity contribution in [3.63, 3.8) is 0 Å². The van der Waals surface area contributed by atoms with Gasteiger partial charge in [0.1, 0.15) is 6.54 Å². The summed E-state index contributed by atoms with van der Waals surface area (Å²) in [6.45, 7) is 1.67. The lowest BCUT2D eigenvalue weighted by Gasteiger charge is -2.28. The van der Waals surface area contributed by atoms with Gasteiger partial charge in [-0.05, 0) is 31.2 Å². The number of rotatable bonds is 2. The number of aromatic nitrogens is 2. The quantitative estimate of drug-likeness (QED) is 0.757. The molecule has 3 aromatic rings. The molecule has 1 aromatic heterocycles. The number of amides is 2. The van der Waals surface area contributed by atoms with E-state index in [0.29, 0.717) is 22.3 Å². The third-order valence-electron chi connectivity index (χ3n) is 4.67. The molecule has 1 atom stereocenters. The molecule has 0 spiro atoms. The van der Waals surface area contributed by atoms with Gasteiger partial charge in [0.2, 0.25) is 11.8 Å². The Morgan fingerprint density at radius 3 is 2.74 bits per heavy atom. The molecule has 1 aliphatic rings. The average Bonchev–Trinajstić information content (AvgIpc) is 2.78. The summed E-state index contributed by atoms with van der Waals surface area (Å²) in [5.74, 6) is -0.416. The van der Waals surface area contributed by atoms with E-state index < -0.39 is 0 Å². The highest BCUT2D eigenvalue weighted by atomic mass is 16.2. The van der Waals surface area contributed by atoms with Crippen molar-refractivity contribution in [2.75, 3.05) is 10.2 Å². The maximum absolute atomic E-state index is 13.1. The van der Waals surface area contributed by atoms with E-state index in [0.717, 1.165) is 0 Å². The van der Waals surface area contributed by atoms with Gasteiger partial charge in [-0.15, -0.1) is 0 Å². The van der Waals surface area contributed by atoms with E-state index in [1.165, 1.54) is 10.9 Å². The van der Waals surface area contributed by atoms with Crippen LogP contribution in [-0.4, -0.2) is 27.4 Å². The maximum atomic E-state index is 13.1. The molecule has 2 amide bonds. The summed E-state index contributed by atoms with van der Waals surface area (Å²) in [6.07, 6.45) is 1.58. The number of nitrogens with zero attached hydrogens (tertiary/aromatic N) is 3. The van der Waals surface area contributed by atoms with Gasteiger partial charge in [-0.2, -0.15) is 0 Å². The molecular formula is C20H18N4O3. The molecule has 0 saturated heterocycles. The first kappa shape index (κ1) is 17.0. The van der Waals surface area contributed by atoms with Crippen LogP contribution in [-0.2, 0) is 16.1 Å². The molecular weight excluding hydrogens is 344 g/mol. The van der Waals surface area contributed by atoms with Crippen LogP contribution in [0.5, 0.6) is 0 Å². The number of hydrogen-bond acceptors (Lipinski definition) is 4. The zero-order chi connectivity index (χ0) is 19.0. The average molecular weight is 362 g/mol. The highest BCUT2D eigenvalue weighted by Gasteiger charge is 2.29. The number of carbonyl (C=O) groups is 2. The lowest BCUT2D eigenvalue weighted by atomic mass is 10.1. The van der Waals surface area contributed by atoms with Gasteiger partial charge >= 0.3 is 0 Å². The molecule has 1 aliphatic heterocycles. The SMILES string of the molecule is C[C@@H]1CC(=O)Nc2ccccc2N1C(=O)Cn1cnc2ccccc2c1=O. The molecule has 136 valence electrons. The van der Waals surface area contributed by atoms with Gasteiger partial charge in [-0.1, -0.05) is 24.3 Å². The van der Waals surface area contributed by atoms with Crippen LogP contribution in [0.3, 0.4) is 0 Å². The lowest BCUT2D eigenvalue weighted by Crippen LogP contribution is -2.42. The molecule has 0 radical (unpaired) electrons. The van der Waals surface area contributed by atoms with E-state index in [1.807, 2.05) is 19.1 Å². The first-order valence-electron chi connectivity index (χ1n) is 8.70. The fourth-order valence-electron chi connectivity index (χ4n) is 3.41. The van der Waals surface area contributed by atoms with E-state index in [-0.39, 0.29) is 36.4 Å². The second-order valence-corrected chi connectivity index (χ2v) is 6.58. The number of fused-ring (bicyclic) bond motifs is 2. The minimum Gasteiger partial charge on any atom is -0.324 e. The zero-order valence-corrected chi connectivity index (χ0v) is 14.8. The minimum absolute atomic E-state index is 0.144. The first-order valence-corrected chi connectivity index (χ1v) is 8.70. The Bertz CT molecular complexity index is 1110. The smallest absolute Gasteiger partial charge is 0.261 e. The molecule has 0 saturated carbocycles. The number of nitrogens with one attached hydrogen (secondary N) is 1. The van der Waals surface area contributed by atoms with Crippen molar-refractivity contribution in [1.82, 2.24) is 9.55 Å². The highest BCUT2D eigenvalue weighted by Crippen LogP contribution is 2.31. The van der Waals surface area contributed by atoms with Crippen LogP contribution in [0.4, 0.5) is 11.4 Å². The summed E-state index contributed by atoms with van der Waals surface area (Å²) in [4.78, 5) is 43.7. The molecule has 2 aromatic carbocycles. The monoisotopic (exact) mass is 362 g/mol. The molecule has 7 heteroatoms. The summed E-state index contributed by atoms with van der Waals surface area (Å²) in [5.41, 5.74) is 1.54. The lowest BCUT2D eigenvalue weighted by molar-refractivity contribution is -0.120. The van der Waals surface area contributed by atoms with Gasteiger partial charge in [0.05, 0.1) is 28.6 Å². The highest BCUT2D eigenvalue weighted by molar-refractivity contribution is 6.04. The normalized spacial score (nSPS) is 16.6. The zero-order valence-electron chi connectivity index (χ0n) is 14.8. The third kappa shape index (κ3) is 3.08. The van der Waals surface area contributed by atoms with E-state index in [4.69, 9.17) is 0 Å². The second kappa shape index (κ2) is 6.68. The molecule has 7 nitrogen and oxygen atoms in total. The van der Waals surface area contributed by atoms with Crippen molar-refractivity contribution in [2.45, 2.75) is 25.9 Å². The topological polar surface area (TPSA) is 84.3 Å². The van der Waals surface area contributed by atoms with Crippen LogP contribution in [0.1, 0.15) is 13.3 Å². The van der Waals surface area contributed by atoms with Crippen molar-refractivity contribution in [3.8, 4) is 0 Å². The summed E-state index contributed by atoms with van der Waals surface area (Å²) in [5, 5.41) is 3.29. The van der Waals surface area contributed by atoms with Crippen molar-refractivity contribution in [1.29, 1.82) is 0 Å². The van der Waals surface area contributed by atoms with Crippen molar-refractivity contribution >= 4 is 34.1 Å². The van der Waals surface area contributed by atoms with Crippen LogP contribution >= 0.6 is 0 Å². The van der Waals surface area contributed by atoms with Gasteiger partial charge in [-0.25, -0.2) is 4.98 Å². The number of para-hydroxylation sites is 3. The molecule has 1 N–H and O–H groups in total. The Balaban J connectivity index is 1.71. The predicted octanol–water partition coefficient (Wildman–Crippen LogP) is 2.16. The predicted molar refractivity (Wildman–Crippen MR) is 103 cm³/mol. The van der Waals surface area contributed by atoms with E-state index in [1.54, 1.807) is 41.3 Å². The van der Waals surface area contributed by atoms with Crippen LogP contribution in [0.15, 0.2) is 59.7 Å². The number of carbonyl (C=O) groups excluding carboxylic acids is 2. The largest absolute Gasteiger partial charge is 0.324 e. The Hall–Kier alpha value is -3.48. The van der Waals surface area contributed by atoms with Gasteiger partial charge in [0.25, 0.3) is 5.56 Å². The Labute approximate surface area is 155 Å². The van der Waals surface area contributed by atoms with Gasteiger partial charge in [0, 0.05) is 12.5 Å². The van der Waals surface area contributed by atoms with Crippen molar-refractivity contribution < 1.29 is 9.59 Å². The van der Waals surface area contributed by atoms with E-state index in [2.05, 4.69) is 10.3 Å². The second-order valence-electron chi connectivity index (χ2n) is 6.58. The van der Waals surface area contributed by atoms with Crippen molar-refractivity contribution in [3.05, 3.63) is 65.2 Å². The number of anilines is 2. The fourth-order valence-corrected chi connectivity index (χ4v) is 3.41. The third-order valence-corrected chi connectivity index (χ3v) is 4.67. The van der Waals surface area contributed by atoms with Crippen LogP contribution in [0.2, 0.25) is 0 Å². The van der Waals surface area contributed by atoms with Crippen LogP contribution < -0.4 is 15.8 Å². The molecule has 0 fully saturated rings. The van der Waals surface area contributed by atoms with E-state index in [9.17, 15) is 14.4 Å². The van der Waals surface area contributed by atoms with Gasteiger partial charge < -0.3 is 10.2 Å². The van der Waals surface area contributed by atoms with Crippen LogP contribution in [0, 0.1) is 0 Å². The number of benzene rings is 2. The van der Waals surface area contributed by atoms with Crippen molar-refractivity contribution in [2.24, 2.45) is 0 Å². The first-order chi connectivity index (χ1) is 13.0. The van der Waals surface area contributed by atoms with Crippen LogP contribution in [0.25, 0.3) is 10.9 Å². The Kier molecular flexibility index (Phi) is 4.19. The minimum atomic E-state index is -0.328. The summed E-state index contributed by atoms with van der Waals surface area (Å²) in [6, 6.07) is 13.9. The fraction of sp³-hybridized carbons (Fsp3) is 0.200. The Morgan fingerprint density at radius 1 is 1.15 bits per heavy atom. The summed E-state index contributed by atoms with van der Waals surface area (Å²) in [7, 11) is 0. The summed E-state index contributed by atoms with van der Waals surface area (Å²) >= 11 is 0. The van der Waals surface area contributed by atoms with Gasteiger partial charge in [-0.3, -0.25) is 19.0 Å². The molecule has 0 unspecified atom stereocenters. The molecule has 27 heavy (non-hydrogen) atoms. The standard InChI is InChI=1S/C20H18N4O3/c1-13-10-18(25)22-16-8-4-5-9-17(16)24(13)19(26)11-23-12-21-15-7-3-2-6-14(15)20(23)27/h2-9,12-13H,10-11H2,1H3,(H,22,25)/t13-/m1/s1. The van der Waals surface area contributed by atoms with Gasteiger partial charge in [0.15, 0.2) is 0 Å². The maximum Gasteiger partial charge on any atom is 0.261 e. The molecule has 0 bridgehead atoms. The number of hydrogen-bond donors (Lipinski definition) is 1. The summed E-state index contributed by atoms with van der Waals surface area (Å²) < 4.78 is 1.31. The van der Waals surface area contributed by atoms with E-state index >= 15 is 0 Å². The molecule has 2 heterocycles.